The first-order valence-electron chi connectivity index (χ1n) is 11.1. The fourth-order valence-electron chi connectivity index (χ4n) is 5.51. The molecule has 0 N–H and O–H groups in total. The molecule has 2 amide bonds. The van der Waals surface area contributed by atoms with Crippen LogP contribution in [0.1, 0.15) is 37.9 Å². The van der Waals surface area contributed by atoms with Crippen LogP contribution in [0.2, 0.25) is 0 Å². The summed E-state index contributed by atoms with van der Waals surface area (Å²) in [5.74, 6) is -5.70. The van der Waals surface area contributed by atoms with Crippen molar-refractivity contribution in [1.82, 2.24) is 0 Å². The molecule has 0 saturated carbocycles. The van der Waals surface area contributed by atoms with Gasteiger partial charge in [-0.15, -0.1) is 0 Å². The van der Waals surface area contributed by atoms with E-state index in [0.29, 0.717) is 5.56 Å². The maximum atomic E-state index is 13.8. The molecule has 0 aromatic heterocycles. The van der Waals surface area contributed by atoms with Gasteiger partial charge in [0.15, 0.2) is 0 Å². The van der Waals surface area contributed by atoms with Crippen molar-refractivity contribution in [2.45, 2.75) is 17.9 Å². The summed E-state index contributed by atoms with van der Waals surface area (Å²) < 4.78 is 45.3. The smallest absolute Gasteiger partial charge is 0.349 e. The van der Waals surface area contributed by atoms with Crippen molar-refractivity contribution in [1.29, 1.82) is 0 Å². The van der Waals surface area contributed by atoms with Crippen LogP contribution in [0.5, 0.6) is 0 Å². The SMILES string of the molecule is O=C1[C@@H]2[C@@H](c3ccccc3)OC3(C(=O)c4ccccc4C3=O)[C@H]2C(=O)N1c1ccc(C(F)(F)F)cc1. The van der Waals surface area contributed by atoms with E-state index < -0.39 is 58.7 Å². The number of halogens is 3. The highest BCUT2D eigenvalue weighted by Crippen LogP contribution is 2.57. The van der Waals surface area contributed by atoms with Crippen molar-refractivity contribution >= 4 is 29.1 Å². The summed E-state index contributed by atoms with van der Waals surface area (Å²) in [7, 11) is 0. The molecule has 2 fully saturated rings. The molecule has 2 aliphatic heterocycles. The molecule has 6 rings (SSSR count). The second-order valence-corrected chi connectivity index (χ2v) is 8.95. The van der Waals surface area contributed by atoms with Crippen molar-refractivity contribution in [3.05, 3.63) is 101 Å². The number of Topliss-reactive ketones (excluding diaryl/α,β-unsaturated/α-hetero) is 2. The molecular formula is C27H16F3NO5. The van der Waals surface area contributed by atoms with E-state index in [-0.39, 0.29) is 16.8 Å². The van der Waals surface area contributed by atoms with E-state index in [1.165, 1.54) is 12.1 Å². The van der Waals surface area contributed by atoms with E-state index in [1.54, 1.807) is 42.5 Å². The minimum atomic E-state index is -4.60. The number of carbonyl (C=O) groups excluding carboxylic acids is 4. The average Bonchev–Trinajstić information content (AvgIpc) is 3.44. The van der Waals surface area contributed by atoms with Crippen LogP contribution in [0.4, 0.5) is 18.9 Å². The maximum Gasteiger partial charge on any atom is 0.416 e. The Bertz CT molecular complexity index is 1410. The lowest BCUT2D eigenvalue weighted by atomic mass is 9.77. The second-order valence-electron chi connectivity index (χ2n) is 8.95. The highest BCUT2D eigenvalue weighted by Gasteiger charge is 2.74. The number of ether oxygens (including phenoxy) is 1. The number of hydrogen-bond donors (Lipinski definition) is 0. The molecule has 3 aromatic rings. The Morgan fingerprint density at radius 3 is 1.83 bits per heavy atom. The van der Waals surface area contributed by atoms with E-state index >= 15 is 0 Å². The molecule has 2 saturated heterocycles. The minimum Gasteiger partial charge on any atom is -0.349 e. The Morgan fingerprint density at radius 1 is 0.722 bits per heavy atom. The topological polar surface area (TPSA) is 80.8 Å². The van der Waals surface area contributed by atoms with Crippen molar-refractivity contribution in [3.8, 4) is 0 Å². The molecule has 2 heterocycles. The number of alkyl halides is 3. The molecule has 1 aliphatic carbocycles. The maximum absolute atomic E-state index is 13.8. The molecule has 180 valence electrons. The van der Waals surface area contributed by atoms with Gasteiger partial charge in [0, 0.05) is 11.1 Å². The minimum absolute atomic E-state index is 0.0789. The standard InChI is InChI=1S/C27H16F3NO5/c28-27(29,30)15-10-12-16(13-11-15)31-24(34)19-20(25(31)35)26(36-21(19)14-6-2-1-3-7-14)22(32)17-8-4-5-9-18(17)23(26)33/h1-13,19-21H/t19-,20+,21+/m0/s1. The van der Waals surface area contributed by atoms with Crippen LogP contribution in [0.15, 0.2) is 78.9 Å². The number of benzene rings is 3. The van der Waals surface area contributed by atoms with Gasteiger partial charge in [-0.25, -0.2) is 4.90 Å². The number of carbonyl (C=O) groups is 4. The van der Waals surface area contributed by atoms with Gasteiger partial charge in [0.25, 0.3) is 0 Å². The van der Waals surface area contributed by atoms with Crippen molar-refractivity contribution in [2.75, 3.05) is 4.90 Å². The van der Waals surface area contributed by atoms with E-state index in [4.69, 9.17) is 4.74 Å². The Kier molecular flexibility index (Phi) is 4.62. The number of imide groups is 1. The van der Waals surface area contributed by atoms with E-state index in [9.17, 15) is 32.3 Å². The van der Waals surface area contributed by atoms with E-state index in [1.807, 2.05) is 0 Å². The molecule has 9 heteroatoms. The first kappa shape index (κ1) is 22.4. The zero-order valence-corrected chi connectivity index (χ0v) is 18.4. The average molecular weight is 491 g/mol. The predicted molar refractivity (Wildman–Crippen MR) is 119 cm³/mol. The molecule has 36 heavy (non-hydrogen) atoms. The summed E-state index contributed by atoms with van der Waals surface area (Å²) in [6.07, 6.45) is -5.69. The van der Waals surface area contributed by atoms with Crippen molar-refractivity contribution < 1.29 is 37.1 Å². The zero-order chi connectivity index (χ0) is 25.4. The molecular weight excluding hydrogens is 475 g/mol. The van der Waals surface area contributed by atoms with Gasteiger partial charge in [-0.2, -0.15) is 13.2 Å². The molecule has 0 radical (unpaired) electrons. The summed E-state index contributed by atoms with van der Waals surface area (Å²) in [6.45, 7) is 0. The summed E-state index contributed by atoms with van der Waals surface area (Å²) in [5.41, 5.74) is -2.56. The quantitative estimate of drug-likeness (QED) is 0.392. The largest absolute Gasteiger partial charge is 0.416 e. The van der Waals surface area contributed by atoms with Gasteiger partial charge in [-0.05, 0) is 29.8 Å². The highest BCUT2D eigenvalue weighted by atomic mass is 19.4. The van der Waals surface area contributed by atoms with Crippen LogP contribution in [0.25, 0.3) is 0 Å². The third kappa shape index (κ3) is 2.83. The van der Waals surface area contributed by atoms with Crippen molar-refractivity contribution in [3.63, 3.8) is 0 Å². The highest BCUT2D eigenvalue weighted by molar-refractivity contribution is 6.37. The number of fused-ring (bicyclic) bond motifs is 3. The normalized spacial score (nSPS) is 24.5. The van der Waals surface area contributed by atoms with Crippen LogP contribution < -0.4 is 4.90 Å². The number of hydrogen-bond acceptors (Lipinski definition) is 5. The number of amides is 2. The van der Waals surface area contributed by atoms with Gasteiger partial charge in [-0.1, -0.05) is 54.6 Å². The molecule has 3 aliphatic rings. The van der Waals surface area contributed by atoms with Crippen LogP contribution >= 0.6 is 0 Å². The first-order chi connectivity index (χ1) is 17.2. The summed E-state index contributed by atoms with van der Waals surface area (Å²) in [4.78, 5) is 55.5. The van der Waals surface area contributed by atoms with Gasteiger partial charge < -0.3 is 4.74 Å². The van der Waals surface area contributed by atoms with Crippen LogP contribution in [-0.2, 0) is 20.5 Å². The van der Waals surface area contributed by atoms with Gasteiger partial charge >= 0.3 is 6.18 Å². The first-order valence-corrected chi connectivity index (χ1v) is 11.1. The number of ketones is 2. The van der Waals surface area contributed by atoms with Gasteiger partial charge in [0.2, 0.25) is 29.0 Å². The Balaban J connectivity index is 1.50. The second kappa shape index (κ2) is 7.44. The summed E-state index contributed by atoms with van der Waals surface area (Å²) in [5, 5.41) is 0. The van der Waals surface area contributed by atoms with E-state index in [0.717, 1.165) is 29.2 Å². The lowest BCUT2D eigenvalue weighted by Crippen LogP contribution is -2.51. The van der Waals surface area contributed by atoms with Crippen molar-refractivity contribution in [2.24, 2.45) is 11.8 Å². The molecule has 0 bridgehead atoms. The molecule has 3 aromatic carbocycles. The van der Waals surface area contributed by atoms with Crippen LogP contribution in [0, 0.1) is 11.8 Å². The monoisotopic (exact) mass is 491 g/mol. The molecule has 0 unspecified atom stereocenters. The number of rotatable bonds is 2. The Labute approximate surface area is 202 Å². The van der Waals surface area contributed by atoms with E-state index in [2.05, 4.69) is 0 Å². The van der Waals surface area contributed by atoms with Gasteiger partial charge in [0.1, 0.15) is 0 Å². The fourth-order valence-corrected chi connectivity index (χ4v) is 5.51. The van der Waals surface area contributed by atoms with Crippen LogP contribution in [0.3, 0.4) is 0 Å². The Hall–Kier alpha value is -4.11. The lowest BCUT2D eigenvalue weighted by molar-refractivity contribution is -0.137. The van der Waals surface area contributed by atoms with Crippen LogP contribution in [-0.4, -0.2) is 29.0 Å². The number of nitrogens with zero attached hydrogens (tertiary/aromatic N) is 1. The zero-order valence-electron chi connectivity index (χ0n) is 18.4. The third-order valence-corrected chi connectivity index (χ3v) is 7.10. The van der Waals surface area contributed by atoms with Gasteiger partial charge in [-0.3, -0.25) is 19.2 Å². The third-order valence-electron chi connectivity index (χ3n) is 7.10. The molecule has 1 spiro atoms. The Morgan fingerprint density at radius 2 is 1.28 bits per heavy atom. The predicted octanol–water partition coefficient (Wildman–Crippen LogP) is 4.40. The fraction of sp³-hybridized carbons (Fsp3) is 0.185. The molecule has 6 nitrogen and oxygen atoms in total. The van der Waals surface area contributed by atoms with Gasteiger partial charge in [0.05, 0.1) is 29.2 Å². The summed E-state index contributed by atoms with van der Waals surface area (Å²) in [6, 6.07) is 18.1. The molecule has 3 atom stereocenters. The number of anilines is 1. The summed E-state index contributed by atoms with van der Waals surface area (Å²) >= 11 is 0. The lowest BCUT2D eigenvalue weighted by Gasteiger charge is -2.27.